The molecule has 10 heteroatoms. The van der Waals surface area contributed by atoms with Gasteiger partial charge in [-0.25, -0.2) is 13.2 Å². The van der Waals surface area contributed by atoms with Crippen LogP contribution >= 0.6 is 0 Å². The minimum absolute atomic E-state index is 0.0197. The van der Waals surface area contributed by atoms with Gasteiger partial charge in [0.2, 0.25) is 10.0 Å². The summed E-state index contributed by atoms with van der Waals surface area (Å²) >= 11 is 0. The fourth-order valence-electron chi connectivity index (χ4n) is 5.22. The monoisotopic (exact) mass is 589 g/mol. The number of fused-ring (bicyclic) bond motifs is 1. The molecule has 9 nitrogen and oxygen atoms in total. The average Bonchev–Trinajstić information content (AvgIpc) is 3.44. The summed E-state index contributed by atoms with van der Waals surface area (Å²) in [6.45, 7) is 5.51. The Morgan fingerprint density at radius 1 is 1.00 bits per heavy atom. The highest BCUT2D eigenvalue weighted by atomic mass is 32.2. The summed E-state index contributed by atoms with van der Waals surface area (Å²) in [4.78, 5) is 20.9. The number of carbonyl (C=O) groups is 1. The van der Waals surface area contributed by atoms with Crippen LogP contribution < -0.4 is 19.7 Å². The number of hydrogen-bond acceptors (Lipinski definition) is 5. The number of sulfonamides is 1. The second kappa shape index (κ2) is 13.3. The summed E-state index contributed by atoms with van der Waals surface area (Å²) in [7, 11) is -3.31. The molecule has 0 atom stereocenters. The highest BCUT2D eigenvalue weighted by molar-refractivity contribution is 7.92. The Hall–Kier alpha value is -4.02. The lowest BCUT2D eigenvalue weighted by Gasteiger charge is -2.34. The van der Waals surface area contributed by atoms with Gasteiger partial charge in [-0.2, -0.15) is 0 Å². The smallest absolute Gasteiger partial charge is 0.322 e. The number of benzene rings is 3. The zero-order valence-corrected chi connectivity index (χ0v) is 25.0. The number of unbranched alkanes of at least 4 members (excludes halogenated alkanes) is 1. The molecule has 3 N–H and O–H groups in total. The van der Waals surface area contributed by atoms with Gasteiger partial charge in [0.1, 0.15) is 11.5 Å². The molecule has 0 radical (unpaired) electrons. The van der Waals surface area contributed by atoms with Crippen LogP contribution in [0.4, 0.5) is 16.2 Å². The fraction of sp³-hybridized carbons (Fsp3) is 0.344. The Morgan fingerprint density at radius 3 is 2.36 bits per heavy atom. The number of likely N-dealkylation sites (tertiary alicyclic amines) is 1. The first kappa shape index (κ1) is 29.5. The molecule has 3 aromatic carbocycles. The van der Waals surface area contributed by atoms with E-state index >= 15 is 0 Å². The molecule has 42 heavy (non-hydrogen) atoms. The number of rotatable bonds is 11. The number of nitrogens with one attached hydrogen (secondary N) is 3. The third kappa shape index (κ3) is 8.04. The lowest BCUT2D eigenvalue weighted by molar-refractivity contribution is 0.188. The Bertz CT molecular complexity index is 1580. The largest absolute Gasteiger partial charge is 0.457 e. The van der Waals surface area contributed by atoms with E-state index in [1.807, 2.05) is 41.4 Å². The van der Waals surface area contributed by atoms with E-state index in [0.29, 0.717) is 23.7 Å². The van der Waals surface area contributed by atoms with Crippen molar-refractivity contribution in [2.45, 2.75) is 45.2 Å². The Balaban J connectivity index is 1.10. The number of urea groups is 1. The molecule has 5 rings (SSSR count). The van der Waals surface area contributed by atoms with E-state index in [2.05, 4.69) is 45.0 Å². The number of ether oxygens (including phenoxy) is 1. The average molecular weight is 590 g/mol. The molecular weight excluding hydrogens is 550 g/mol. The van der Waals surface area contributed by atoms with Crippen molar-refractivity contribution in [1.29, 1.82) is 0 Å². The van der Waals surface area contributed by atoms with Gasteiger partial charge in [0, 0.05) is 60.7 Å². The van der Waals surface area contributed by atoms with Crippen molar-refractivity contribution in [2.75, 3.05) is 35.5 Å². The zero-order chi connectivity index (χ0) is 29.5. The van der Waals surface area contributed by atoms with Crippen molar-refractivity contribution < 1.29 is 17.9 Å². The molecule has 1 fully saturated rings. The van der Waals surface area contributed by atoms with Crippen LogP contribution in [-0.2, 0) is 16.6 Å². The van der Waals surface area contributed by atoms with Crippen LogP contribution in [0.5, 0.6) is 11.5 Å². The van der Waals surface area contributed by atoms with E-state index in [1.54, 1.807) is 24.3 Å². The lowest BCUT2D eigenvalue weighted by atomic mass is 10.0. The Labute approximate surface area is 247 Å². The molecular formula is C32H39N5O4S. The van der Waals surface area contributed by atoms with Crippen LogP contribution in [0.25, 0.3) is 10.9 Å². The molecule has 0 spiro atoms. The summed E-state index contributed by atoms with van der Waals surface area (Å²) in [5.41, 5.74) is 3.69. The number of nitrogens with zero attached hydrogens (tertiary/aromatic N) is 2. The van der Waals surface area contributed by atoms with Gasteiger partial charge in [-0.15, -0.1) is 0 Å². The second-order valence-corrected chi connectivity index (χ2v) is 12.6. The van der Waals surface area contributed by atoms with Crippen LogP contribution in [0.3, 0.4) is 0 Å². The van der Waals surface area contributed by atoms with E-state index in [4.69, 9.17) is 4.74 Å². The number of carbonyl (C=O) groups excluding carboxylic acids is 1. The van der Waals surface area contributed by atoms with E-state index in [0.717, 1.165) is 68.2 Å². The Morgan fingerprint density at radius 2 is 1.69 bits per heavy atom. The molecule has 222 valence electrons. The van der Waals surface area contributed by atoms with Crippen LogP contribution in [0.2, 0.25) is 0 Å². The summed E-state index contributed by atoms with van der Waals surface area (Å²) < 4.78 is 31.1. The first-order valence-corrected chi connectivity index (χ1v) is 16.4. The molecule has 0 aliphatic carbocycles. The zero-order valence-electron chi connectivity index (χ0n) is 24.2. The van der Waals surface area contributed by atoms with E-state index < -0.39 is 10.0 Å². The normalized spacial score (nSPS) is 14.5. The number of hydrogen-bond donors (Lipinski definition) is 3. The van der Waals surface area contributed by atoms with Gasteiger partial charge in [0.05, 0.1) is 6.26 Å². The summed E-state index contributed by atoms with van der Waals surface area (Å²) in [6.07, 6.45) is 6.85. The van der Waals surface area contributed by atoms with Gasteiger partial charge in [-0.3, -0.25) is 14.5 Å². The van der Waals surface area contributed by atoms with Gasteiger partial charge in [-0.05, 0) is 85.5 Å². The standard InChI is InChI=1S/C32H39N5O4S/c1-3-4-19-37(28-9-14-31-25(22-28)15-18-33-31)32(38)34-26-16-20-36(21-17-26)23-24-5-10-29(11-6-24)41-30-12-7-27(8-13-30)35-42(2,39)40/h5-15,18,22,26,33,35H,3-4,16-17,19-21,23H2,1-2H3,(H,34,38). The molecule has 4 aromatic rings. The summed E-state index contributed by atoms with van der Waals surface area (Å²) in [5, 5.41) is 4.40. The second-order valence-electron chi connectivity index (χ2n) is 10.9. The van der Waals surface area contributed by atoms with Crippen molar-refractivity contribution in [1.82, 2.24) is 15.2 Å². The van der Waals surface area contributed by atoms with E-state index in [9.17, 15) is 13.2 Å². The molecule has 1 aliphatic heterocycles. The van der Waals surface area contributed by atoms with Gasteiger partial charge < -0.3 is 15.0 Å². The Kier molecular flexibility index (Phi) is 9.34. The van der Waals surface area contributed by atoms with Crippen LogP contribution in [-0.4, -0.2) is 56.3 Å². The number of H-pyrrole nitrogens is 1. The molecule has 2 amide bonds. The number of aromatic nitrogens is 1. The van der Waals surface area contributed by atoms with Crippen LogP contribution in [0.15, 0.2) is 79.0 Å². The van der Waals surface area contributed by atoms with Gasteiger partial charge in [0.25, 0.3) is 0 Å². The molecule has 0 saturated carbocycles. The van der Waals surface area contributed by atoms with Gasteiger partial charge in [0.15, 0.2) is 0 Å². The maximum Gasteiger partial charge on any atom is 0.322 e. The van der Waals surface area contributed by atoms with Crippen LogP contribution in [0, 0.1) is 0 Å². The predicted molar refractivity (Wildman–Crippen MR) is 169 cm³/mol. The van der Waals surface area contributed by atoms with Gasteiger partial charge in [-0.1, -0.05) is 25.5 Å². The topological polar surface area (TPSA) is 107 Å². The van der Waals surface area contributed by atoms with Crippen molar-refractivity contribution in [3.63, 3.8) is 0 Å². The highest BCUT2D eigenvalue weighted by Crippen LogP contribution is 2.25. The quantitative estimate of drug-likeness (QED) is 0.190. The van der Waals surface area contributed by atoms with Crippen LogP contribution in [0.1, 0.15) is 38.2 Å². The minimum atomic E-state index is -3.31. The molecule has 1 aliphatic rings. The molecule has 1 saturated heterocycles. The number of piperidine rings is 1. The third-order valence-electron chi connectivity index (χ3n) is 7.47. The first-order valence-electron chi connectivity index (χ1n) is 14.5. The van der Waals surface area contributed by atoms with Crippen molar-refractivity contribution in [2.24, 2.45) is 0 Å². The molecule has 0 bridgehead atoms. The maximum atomic E-state index is 13.4. The molecule has 0 unspecified atom stereocenters. The number of amides is 2. The van der Waals surface area contributed by atoms with E-state index in [-0.39, 0.29) is 12.1 Å². The van der Waals surface area contributed by atoms with Crippen molar-refractivity contribution >= 4 is 38.3 Å². The van der Waals surface area contributed by atoms with Crippen molar-refractivity contribution in [3.8, 4) is 11.5 Å². The highest BCUT2D eigenvalue weighted by Gasteiger charge is 2.24. The summed E-state index contributed by atoms with van der Waals surface area (Å²) in [5.74, 6) is 1.34. The van der Waals surface area contributed by atoms with E-state index in [1.165, 1.54) is 5.56 Å². The van der Waals surface area contributed by atoms with Crippen molar-refractivity contribution in [3.05, 3.63) is 84.6 Å². The molecule has 2 heterocycles. The van der Waals surface area contributed by atoms with Gasteiger partial charge >= 0.3 is 6.03 Å². The lowest BCUT2D eigenvalue weighted by Crippen LogP contribution is -2.49. The predicted octanol–water partition coefficient (Wildman–Crippen LogP) is 6.31. The first-order chi connectivity index (χ1) is 20.3. The maximum absolute atomic E-state index is 13.4. The minimum Gasteiger partial charge on any atom is -0.457 e. The number of anilines is 2. The SMILES string of the molecule is CCCCN(C(=O)NC1CCN(Cc2ccc(Oc3ccc(NS(C)(=O)=O)cc3)cc2)CC1)c1ccc2[nH]ccc2c1. The number of aromatic amines is 1. The summed E-state index contributed by atoms with van der Waals surface area (Å²) in [6, 6.07) is 23.1. The fourth-order valence-corrected chi connectivity index (χ4v) is 5.79. The third-order valence-corrected chi connectivity index (χ3v) is 8.07. The molecule has 1 aromatic heterocycles.